The maximum absolute atomic E-state index is 12.1. The van der Waals surface area contributed by atoms with Gasteiger partial charge in [0, 0.05) is 17.6 Å². The van der Waals surface area contributed by atoms with E-state index < -0.39 is 0 Å². The van der Waals surface area contributed by atoms with Gasteiger partial charge < -0.3 is 5.32 Å². The number of aryl methyl sites for hydroxylation is 2. The van der Waals surface area contributed by atoms with E-state index in [1.54, 1.807) is 12.3 Å². The fourth-order valence-corrected chi connectivity index (χ4v) is 2.39. The Kier molecular flexibility index (Phi) is 4.68. The molecular weight excluding hydrogens is 272 g/mol. The van der Waals surface area contributed by atoms with E-state index >= 15 is 0 Å². The van der Waals surface area contributed by atoms with E-state index in [2.05, 4.69) is 27.5 Å². The number of thiazole rings is 1. The number of rotatable bonds is 5. The van der Waals surface area contributed by atoms with Gasteiger partial charge >= 0.3 is 0 Å². The summed E-state index contributed by atoms with van der Waals surface area (Å²) in [6, 6.07) is 3.57. The molecule has 0 fully saturated rings. The van der Waals surface area contributed by atoms with Gasteiger partial charge in [-0.1, -0.05) is 6.92 Å². The number of hydrogen-bond donors (Lipinski definition) is 2. The number of aromatic nitrogens is 2. The Morgan fingerprint density at radius 3 is 2.70 bits per heavy atom. The average Bonchev–Trinajstić information content (AvgIpc) is 2.75. The predicted molar refractivity (Wildman–Crippen MR) is 82.6 cm³/mol. The van der Waals surface area contributed by atoms with Crippen molar-refractivity contribution < 1.29 is 4.79 Å². The highest BCUT2D eigenvalue weighted by molar-refractivity contribution is 7.15. The summed E-state index contributed by atoms with van der Waals surface area (Å²) in [5.74, 6) is 0.595. The van der Waals surface area contributed by atoms with E-state index in [4.69, 9.17) is 0 Å². The van der Waals surface area contributed by atoms with Crippen molar-refractivity contribution in [3.05, 3.63) is 34.5 Å². The highest BCUT2D eigenvalue weighted by atomic mass is 32.1. The number of nitrogens with one attached hydrogen (secondary N) is 2. The van der Waals surface area contributed by atoms with Crippen LogP contribution in [0, 0.1) is 13.8 Å². The number of nitrogens with zero attached hydrogens (tertiary/aromatic N) is 2. The zero-order valence-electron chi connectivity index (χ0n) is 11.9. The van der Waals surface area contributed by atoms with Crippen molar-refractivity contribution in [1.82, 2.24) is 9.97 Å². The van der Waals surface area contributed by atoms with Crippen LogP contribution in [-0.2, 0) is 0 Å². The number of pyridine rings is 1. The molecule has 0 saturated heterocycles. The minimum absolute atomic E-state index is 0.187. The van der Waals surface area contributed by atoms with Gasteiger partial charge in [-0.25, -0.2) is 9.97 Å². The van der Waals surface area contributed by atoms with Gasteiger partial charge in [-0.2, -0.15) is 0 Å². The third kappa shape index (κ3) is 3.54. The molecule has 2 aromatic rings. The maximum atomic E-state index is 12.1. The first-order chi connectivity index (χ1) is 9.60. The van der Waals surface area contributed by atoms with Crippen molar-refractivity contribution in [2.24, 2.45) is 0 Å². The third-order valence-electron chi connectivity index (χ3n) is 2.83. The summed E-state index contributed by atoms with van der Waals surface area (Å²) in [5.41, 5.74) is 1.47. The molecule has 2 heterocycles. The Labute approximate surface area is 122 Å². The first-order valence-electron chi connectivity index (χ1n) is 6.55. The normalized spacial score (nSPS) is 10.3. The lowest BCUT2D eigenvalue weighted by Crippen LogP contribution is -2.12. The van der Waals surface area contributed by atoms with Gasteiger partial charge in [0.1, 0.15) is 5.82 Å². The SMILES string of the molecule is CCCNc1ccc(C(=O)Nc2nc(C)c(C)s2)cn1. The zero-order valence-corrected chi connectivity index (χ0v) is 12.7. The minimum Gasteiger partial charge on any atom is -0.370 e. The van der Waals surface area contributed by atoms with Crippen LogP contribution < -0.4 is 10.6 Å². The van der Waals surface area contributed by atoms with Gasteiger partial charge in [0.15, 0.2) is 5.13 Å². The molecule has 20 heavy (non-hydrogen) atoms. The van der Waals surface area contributed by atoms with Gasteiger partial charge in [-0.05, 0) is 32.4 Å². The van der Waals surface area contributed by atoms with Crippen LogP contribution in [0.5, 0.6) is 0 Å². The fourth-order valence-electron chi connectivity index (χ4n) is 1.58. The number of carbonyl (C=O) groups excluding carboxylic acids is 1. The molecule has 0 bridgehead atoms. The van der Waals surface area contributed by atoms with E-state index in [0.29, 0.717) is 10.7 Å². The highest BCUT2D eigenvalue weighted by Crippen LogP contribution is 2.21. The molecule has 106 valence electrons. The summed E-state index contributed by atoms with van der Waals surface area (Å²) in [6.45, 7) is 6.87. The molecule has 0 aromatic carbocycles. The maximum Gasteiger partial charge on any atom is 0.259 e. The lowest BCUT2D eigenvalue weighted by molar-refractivity contribution is 0.102. The molecule has 1 amide bonds. The first kappa shape index (κ1) is 14.5. The van der Waals surface area contributed by atoms with Gasteiger partial charge in [-0.3, -0.25) is 10.1 Å². The standard InChI is InChI=1S/C14H18N4OS/c1-4-7-15-12-6-5-11(8-16-12)13(19)18-14-17-9(2)10(3)20-14/h5-6,8H,4,7H2,1-3H3,(H,15,16)(H,17,18,19). The van der Waals surface area contributed by atoms with Gasteiger partial charge in [0.25, 0.3) is 5.91 Å². The summed E-state index contributed by atoms with van der Waals surface area (Å²) in [6.07, 6.45) is 2.60. The van der Waals surface area contributed by atoms with Crippen molar-refractivity contribution in [2.45, 2.75) is 27.2 Å². The van der Waals surface area contributed by atoms with E-state index in [1.165, 1.54) is 11.3 Å². The van der Waals surface area contributed by atoms with Crippen LogP contribution in [-0.4, -0.2) is 22.4 Å². The molecule has 0 unspecified atom stereocenters. The predicted octanol–water partition coefficient (Wildman–Crippen LogP) is 3.23. The van der Waals surface area contributed by atoms with Crippen LogP contribution in [0.4, 0.5) is 10.9 Å². The van der Waals surface area contributed by atoms with Crippen molar-refractivity contribution in [3.63, 3.8) is 0 Å². The molecule has 0 aliphatic carbocycles. The molecule has 2 rings (SSSR count). The molecule has 0 aliphatic heterocycles. The molecule has 0 aliphatic rings. The zero-order chi connectivity index (χ0) is 14.5. The molecule has 6 heteroatoms. The van der Waals surface area contributed by atoms with E-state index in [1.807, 2.05) is 19.9 Å². The molecule has 2 N–H and O–H groups in total. The Morgan fingerprint density at radius 2 is 2.15 bits per heavy atom. The molecule has 0 saturated carbocycles. The van der Waals surface area contributed by atoms with Gasteiger partial charge in [0.2, 0.25) is 0 Å². The highest BCUT2D eigenvalue weighted by Gasteiger charge is 2.10. The molecule has 0 spiro atoms. The van der Waals surface area contributed by atoms with Crippen LogP contribution in [0.15, 0.2) is 18.3 Å². The second-order valence-corrected chi connectivity index (χ2v) is 5.68. The van der Waals surface area contributed by atoms with E-state index in [0.717, 1.165) is 29.4 Å². The summed E-state index contributed by atoms with van der Waals surface area (Å²) in [4.78, 5) is 21.7. The van der Waals surface area contributed by atoms with Crippen LogP contribution in [0.2, 0.25) is 0 Å². The fraction of sp³-hybridized carbons (Fsp3) is 0.357. The molecular formula is C14H18N4OS. The van der Waals surface area contributed by atoms with Crippen LogP contribution in [0.3, 0.4) is 0 Å². The number of carbonyl (C=O) groups is 1. The minimum atomic E-state index is -0.187. The topological polar surface area (TPSA) is 66.9 Å². The Morgan fingerprint density at radius 1 is 1.35 bits per heavy atom. The largest absolute Gasteiger partial charge is 0.370 e. The Bertz CT molecular complexity index is 572. The second kappa shape index (κ2) is 6.47. The summed E-state index contributed by atoms with van der Waals surface area (Å²) >= 11 is 1.48. The van der Waals surface area contributed by atoms with E-state index in [9.17, 15) is 4.79 Å². The summed E-state index contributed by atoms with van der Waals surface area (Å²) in [5, 5.41) is 6.58. The Balaban J connectivity index is 2.01. The van der Waals surface area contributed by atoms with Crippen molar-refractivity contribution >= 4 is 28.2 Å². The quantitative estimate of drug-likeness (QED) is 0.887. The second-order valence-electron chi connectivity index (χ2n) is 4.47. The third-order valence-corrected chi connectivity index (χ3v) is 3.82. The lowest BCUT2D eigenvalue weighted by Gasteiger charge is -2.05. The lowest BCUT2D eigenvalue weighted by atomic mass is 10.2. The monoisotopic (exact) mass is 290 g/mol. The molecule has 2 aromatic heterocycles. The van der Waals surface area contributed by atoms with Crippen LogP contribution in [0.25, 0.3) is 0 Å². The number of anilines is 2. The van der Waals surface area contributed by atoms with Crippen molar-refractivity contribution in [2.75, 3.05) is 17.2 Å². The van der Waals surface area contributed by atoms with Gasteiger partial charge in [-0.15, -0.1) is 11.3 Å². The van der Waals surface area contributed by atoms with Crippen LogP contribution >= 0.6 is 11.3 Å². The molecule has 0 radical (unpaired) electrons. The number of amides is 1. The van der Waals surface area contributed by atoms with Crippen molar-refractivity contribution in [1.29, 1.82) is 0 Å². The summed E-state index contributed by atoms with van der Waals surface area (Å²) < 4.78 is 0. The van der Waals surface area contributed by atoms with Crippen LogP contribution in [0.1, 0.15) is 34.3 Å². The van der Waals surface area contributed by atoms with Crippen molar-refractivity contribution in [3.8, 4) is 0 Å². The summed E-state index contributed by atoms with van der Waals surface area (Å²) in [7, 11) is 0. The first-order valence-corrected chi connectivity index (χ1v) is 7.37. The smallest absolute Gasteiger partial charge is 0.259 e. The average molecular weight is 290 g/mol. The number of hydrogen-bond acceptors (Lipinski definition) is 5. The van der Waals surface area contributed by atoms with E-state index in [-0.39, 0.29) is 5.91 Å². The Hall–Kier alpha value is -1.95. The molecule has 0 atom stereocenters. The molecule has 5 nitrogen and oxygen atoms in total. The van der Waals surface area contributed by atoms with Gasteiger partial charge in [0.05, 0.1) is 11.3 Å².